The molecule has 5 nitrogen and oxygen atoms in total. The van der Waals surface area contributed by atoms with E-state index in [0.717, 1.165) is 25.9 Å². The minimum Gasteiger partial charge on any atom is -0.354 e. The predicted octanol–water partition coefficient (Wildman–Crippen LogP) is 1.54. The molecule has 1 N–H and O–H groups in total. The van der Waals surface area contributed by atoms with E-state index in [1.165, 1.54) is 4.90 Å². The van der Waals surface area contributed by atoms with Gasteiger partial charge in [-0.2, -0.15) is 0 Å². The number of likely N-dealkylation sites (N-methyl/N-ethyl adjacent to an activating group) is 1. The van der Waals surface area contributed by atoms with Crippen molar-refractivity contribution in [2.75, 3.05) is 33.2 Å². The van der Waals surface area contributed by atoms with Crippen molar-refractivity contribution in [2.45, 2.75) is 33.6 Å². The minimum absolute atomic E-state index is 0.0356. The lowest BCUT2D eigenvalue weighted by atomic mass is 10.00. The van der Waals surface area contributed by atoms with Crippen LogP contribution >= 0.6 is 0 Å². The van der Waals surface area contributed by atoms with Crippen LogP contribution < -0.4 is 5.32 Å². The summed E-state index contributed by atoms with van der Waals surface area (Å²) in [7, 11) is 1.69. The van der Waals surface area contributed by atoms with Crippen LogP contribution in [0.25, 0.3) is 0 Å². The number of carbonyl (C=O) groups excluding carboxylic acids is 2. The highest BCUT2D eigenvalue weighted by Gasteiger charge is 2.23. The van der Waals surface area contributed by atoms with Crippen molar-refractivity contribution in [3.8, 4) is 0 Å². The Morgan fingerprint density at radius 1 is 1.32 bits per heavy atom. The summed E-state index contributed by atoms with van der Waals surface area (Å²) in [6, 6.07) is -0.0356. The Labute approximate surface area is 116 Å². The molecule has 5 heteroatoms. The lowest BCUT2D eigenvalue weighted by molar-refractivity contribution is -0.121. The lowest BCUT2D eigenvalue weighted by Crippen LogP contribution is -2.48. The Morgan fingerprint density at radius 2 is 1.89 bits per heavy atom. The van der Waals surface area contributed by atoms with Crippen molar-refractivity contribution in [1.29, 1.82) is 0 Å². The number of nitrogens with one attached hydrogen (secondary N) is 1. The monoisotopic (exact) mass is 269 g/mol. The fraction of sp³-hybridized carbons (Fsp3) is 0.857. The number of piperidine rings is 1. The smallest absolute Gasteiger partial charge is 0.320 e. The van der Waals surface area contributed by atoms with Crippen LogP contribution in [0.2, 0.25) is 0 Å². The molecule has 0 aromatic heterocycles. The van der Waals surface area contributed by atoms with Gasteiger partial charge in [0.2, 0.25) is 5.91 Å². The molecule has 0 saturated carbocycles. The standard InChI is InChI=1S/C14H27N3O2/c1-11(2)9-15-13(18)10-16(4)14(19)17-7-5-12(3)6-8-17/h11-12H,5-10H2,1-4H3,(H,15,18). The van der Waals surface area contributed by atoms with E-state index in [-0.39, 0.29) is 18.5 Å². The molecule has 1 aliphatic rings. The van der Waals surface area contributed by atoms with Gasteiger partial charge in [0, 0.05) is 26.7 Å². The largest absolute Gasteiger partial charge is 0.354 e. The molecule has 1 saturated heterocycles. The molecule has 0 unspecified atom stereocenters. The number of carbonyl (C=O) groups is 2. The Morgan fingerprint density at radius 3 is 2.42 bits per heavy atom. The van der Waals surface area contributed by atoms with Gasteiger partial charge in [-0.25, -0.2) is 4.79 Å². The summed E-state index contributed by atoms with van der Waals surface area (Å²) in [5.74, 6) is 1.03. The molecule has 19 heavy (non-hydrogen) atoms. The number of likely N-dealkylation sites (tertiary alicyclic amines) is 1. The Balaban J connectivity index is 2.33. The highest BCUT2D eigenvalue weighted by atomic mass is 16.2. The van der Waals surface area contributed by atoms with E-state index in [1.54, 1.807) is 7.05 Å². The van der Waals surface area contributed by atoms with Crippen LogP contribution in [0, 0.1) is 11.8 Å². The van der Waals surface area contributed by atoms with Gasteiger partial charge in [-0.05, 0) is 24.7 Å². The Bertz CT molecular complexity index is 310. The van der Waals surface area contributed by atoms with Crippen molar-refractivity contribution in [1.82, 2.24) is 15.1 Å². The molecule has 0 spiro atoms. The normalized spacial score (nSPS) is 16.6. The molecule has 1 fully saturated rings. The summed E-state index contributed by atoms with van der Waals surface area (Å²) < 4.78 is 0. The zero-order chi connectivity index (χ0) is 14.4. The van der Waals surface area contributed by atoms with Crippen LogP contribution in [0.1, 0.15) is 33.6 Å². The van der Waals surface area contributed by atoms with Crippen LogP contribution in [0.5, 0.6) is 0 Å². The van der Waals surface area contributed by atoms with Gasteiger partial charge in [-0.3, -0.25) is 4.79 Å². The van der Waals surface area contributed by atoms with Crippen LogP contribution in [0.3, 0.4) is 0 Å². The molecule has 1 aliphatic heterocycles. The number of nitrogens with zero attached hydrogens (tertiary/aromatic N) is 2. The van der Waals surface area contributed by atoms with E-state index in [2.05, 4.69) is 12.2 Å². The van der Waals surface area contributed by atoms with Crippen LogP contribution in [0.15, 0.2) is 0 Å². The Kier molecular flexibility index (Phi) is 6.12. The summed E-state index contributed by atoms with van der Waals surface area (Å²) in [4.78, 5) is 27.2. The van der Waals surface area contributed by atoms with E-state index in [1.807, 2.05) is 18.7 Å². The molecular weight excluding hydrogens is 242 g/mol. The first kappa shape index (κ1) is 15.8. The topological polar surface area (TPSA) is 52.7 Å². The molecule has 1 heterocycles. The zero-order valence-corrected chi connectivity index (χ0v) is 12.6. The van der Waals surface area contributed by atoms with Crippen LogP contribution in [0.4, 0.5) is 4.79 Å². The van der Waals surface area contributed by atoms with Gasteiger partial charge >= 0.3 is 6.03 Å². The average Bonchev–Trinajstić information content (AvgIpc) is 2.36. The van der Waals surface area contributed by atoms with Gasteiger partial charge in [0.25, 0.3) is 0 Å². The number of hydrogen-bond acceptors (Lipinski definition) is 2. The van der Waals surface area contributed by atoms with E-state index < -0.39 is 0 Å². The summed E-state index contributed by atoms with van der Waals surface area (Å²) in [6.45, 7) is 8.70. The number of rotatable bonds is 4. The molecule has 0 bridgehead atoms. The third kappa shape index (κ3) is 5.49. The van der Waals surface area contributed by atoms with Crippen LogP contribution in [-0.2, 0) is 4.79 Å². The van der Waals surface area contributed by atoms with Crippen LogP contribution in [-0.4, -0.2) is 55.0 Å². The highest BCUT2D eigenvalue weighted by molar-refractivity contribution is 5.83. The first-order chi connectivity index (χ1) is 8.90. The van der Waals surface area contributed by atoms with Crippen molar-refractivity contribution < 1.29 is 9.59 Å². The van der Waals surface area contributed by atoms with Crippen molar-refractivity contribution in [2.24, 2.45) is 11.8 Å². The third-order valence-electron chi connectivity index (χ3n) is 3.47. The lowest BCUT2D eigenvalue weighted by Gasteiger charge is -2.33. The van der Waals surface area contributed by atoms with Gasteiger partial charge in [-0.1, -0.05) is 20.8 Å². The number of amides is 3. The maximum absolute atomic E-state index is 12.2. The maximum Gasteiger partial charge on any atom is 0.320 e. The first-order valence-corrected chi connectivity index (χ1v) is 7.17. The van der Waals surface area contributed by atoms with E-state index >= 15 is 0 Å². The van der Waals surface area contributed by atoms with Gasteiger partial charge in [0.1, 0.15) is 6.54 Å². The molecule has 110 valence electrons. The molecule has 1 rings (SSSR count). The van der Waals surface area contributed by atoms with E-state index in [9.17, 15) is 9.59 Å². The Hall–Kier alpha value is -1.26. The number of urea groups is 1. The van der Waals surface area contributed by atoms with Crippen molar-refractivity contribution in [3.05, 3.63) is 0 Å². The minimum atomic E-state index is -0.0880. The van der Waals surface area contributed by atoms with Gasteiger partial charge < -0.3 is 15.1 Å². The van der Waals surface area contributed by atoms with Crippen molar-refractivity contribution >= 4 is 11.9 Å². The second-order valence-electron chi connectivity index (χ2n) is 6.01. The average molecular weight is 269 g/mol. The predicted molar refractivity (Wildman–Crippen MR) is 75.8 cm³/mol. The molecule has 0 atom stereocenters. The SMILES string of the molecule is CC(C)CNC(=O)CN(C)C(=O)N1CCC(C)CC1. The van der Waals surface area contributed by atoms with Crippen molar-refractivity contribution in [3.63, 3.8) is 0 Å². The summed E-state index contributed by atoms with van der Waals surface area (Å²) in [5, 5.41) is 2.83. The third-order valence-corrected chi connectivity index (χ3v) is 3.47. The first-order valence-electron chi connectivity index (χ1n) is 7.17. The molecule has 0 aromatic carbocycles. The second kappa shape index (κ2) is 7.36. The summed E-state index contributed by atoms with van der Waals surface area (Å²) in [5.41, 5.74) is 0. The van der Waals surface area contributed by atoms with E-state index in [0.29, 0.717) is 18.4 Å². The molecular formula is C14H27N3O2. The van der Waals surface area contributed by atoms with E-state index in [4.69, 9.17) is 0 Å². The molecule has 0 radical (unpaired) electrons. The quantitative estimate of drug-likeness (QED) is 0.841. The fourth-order valence-electron chi connectivity index (χ4n) is 2.10. The van der Waals surface area contributed by atoms with Gasteiger partial charge in [-0.15, -0.1) is 0 Å². The highest BCUT2D eigenvalue weighted by Crippen LogP contribution is 2.16. The summed E-state index contributed by atoms with van der Waals surface area (Å²) >= 11 is 0. The zero-order valence-electron chi connectivity index (χ0n) is 12.6. The molecule has 3 amide bonds. The second-order valence-corrected chi connectivity index (χ2v) is 6.01. The summed E-state index contributed by atoms with van der Waals surface area (Å²) in [6.07, 6.45) is 2.11. The number of hydrogen-bond donors (Lipinski definition) is 1. The van der Waals surface area contributed by atoms with Gasteiger partial charge in [0.05, 0.1) is 0 Å². The molecule has 0 aromatic rings. The fourth-order valence-corrected chi connectivity index (χ4v) is 2.10. The van der Waals surface area contributed by atoms with Gasteiger partial charge in [0.15, 0.2) is 0 Å². The molecule has 0 aliphatic carbocycles. The maximum atomic E-state index is 12.2.